The third-order valence-electron chi connectivity index (χ3n) is 1.76. The summed E-state index contributed by atoms with van der Waals surface area (Å²) in [5.41, 5.74) is 0.0347. The smallest absolute Gasteiger partial charge is 0.185 e. The summed E-state index contributed by atoms with van der Waals surface area (Å²) in [6.07, 6.45) is 1.47. The molecule has 13 heavy (non-hydrogen) atoms. The SMILES string of the molecule is Cc1ncc2ccc(F)c(F)c2n1. The van der Waals surface area contributed by atoms with Crippen LogP contribution >= 0.6 is 0 Å². The predicted molar refractivity (Wildman–Crippen MR) is 44.2 cm³/mol. The van der Waals surface area contributed by atoms with E-state index in [0.29, 0.717) is 11.2 Å². The van der Waals surface area contributed by atoms with Crippen molar-refractivity contribution < 1.29 is 8.78 Å². The number of hydrogen-bond acceptors (Lipinski definition) is 2. The molecule has 0 atom stereocenters. The Balaban J connectivity index is 2.89. The highest BCUT2D eigenvalue weighted by Gasteiger charge is 2.08. The molecule has 2 aromatic rings. The van der Waals surface area contributed by atoms with Crippen molar-refractivity contribution in [2.24, 2.45) is 0 Å². The van der Waals surface area contributed by atoms with Crippen molar-refractivity contribution in [3.8, 4) is 0 Å². The van der Waals surface area contributed by atoms with Crippen molar-refractivity contribution in [3.05, 3.63) is 35.8 Å². The molecule has 1 aromatic heterocycles. The molecule has 4 heteroatoms. The van der Waals surface area contributed by atoms with Gasteiger partial charge >= 0.3 is 0 Å². The van der Waals surface area contributed by atoms with E-state index in [2.05, 4.69) is 9.97 Å². The van der Waals surface area contributed by atoms with Crippen LogP contribution in [0.25, 0.3) is 10.9 Å². The highest BCUT2D eigenvalue weighted by molar-refractivity contribution is 5.78. The maximum Gasteiger partial charge on any atom is 0.185 e. The number of halogens is 2. The molecule has 66 valence electrons. The topological polar surface area (TPSA) is 25.8 Å². The Kier molecular flexibility index (Phi) is 1.69. The van der Waals surface area contributed by atoms with Crippen molar-refractivity contribution in [1.29, 1.82) is 0 Å². The van der Waals surface area contributed by atoms with E-state index in [4.69, 9.17) is 0 Å². The van der Waals surface area contributed by atoms with Crippen molar-refractivity contribution in [2.45, 2.75) is 6.92 Å². The first kappa shape index (κ1) is 8.04. The summed E-state index contributed by atoms with van der Waals surface area (Å²) < 4.78 is 25.9. The first-order chi connectivity index (χ1) is 6.18. The zero-order valence-corrected chi connectivity index (χ0v) is 6.88. The second-order valence-electron chi connectivity index (χ2n) is 2.72. The van der Waals surface area contributed by atoms with Gasteiger partial charge in [0.25, 0.3) is 0 Å². The van der Waals surface area contributed by atoms with Crippen LogP contribution in [0.3, 0.4) is 0 Å². The van der Waals surface area contributed by atoms with Crippen LogP contribution in [0.5, 0.6) is 0 Å². The lowest BCUT2D eigenvalue weighted by Gasteiger charge is -1.99. The zero-order chi connectivity index (χ0) is 9.42. The van der Waals surface area contributed by atoms with Gasteiger partial charge in [-0.1, -0.05) is 0 Å². The third-order valence-corrected chi connectivity index (χ3v) is 1.76. The van der Waals surface area contributed by atoms with Gasteiger partial charge in [-0.3, -0.25) is 0 Å². The number of aryl methyl sites for hydroxylation is 1. The maximum absolute atomic E-state index is 13.1. The van der Waals surface area contributed by atoms with E-state index >= 15 is 0 Å². The van der Waals surface area contributed by atoms with Gasteiger partial charge in [-0.05, 0) is 19.1 Å². The maximum atomic E-state index is 13.1. The molecule has 0 radical (unpaired) electrons. The van der Waals surface area contributed by atoms with E-state index < -0.39 is 11.6 Å². The molecular formula is C9H6F2N2. The Morgan fingerprint density at radius 2 is 2.00 bits per heavy atom. The molecule has 0 spiro atoms. The molecule has 0 saturated carbocycles. The molecule has 0 saturated heterocycles. The van der Waals surface area contributed by atoms with Gasteiger partial charge in [-0.15, -0.1) is 0 Å². The van der Waals surface area contributed by atoms with Gasteiger partial charge in [0.05, 0.1) is 0 Å². The fourth-order valence-corrected chi connectivity index (χ4v) is 1.13. The van der Waals surface area contributed by atoms with Gasteiger partial charge in [-0.25, -0.2) is 18.7 Å². The number of rotatable bonds is 0. The summed E-state index contributed by atoms with van der Waals surface area (Å²) in [5.74, 6) is -1.37. The van der Waals surface area contributed by atoms with Gasteiger partial charge in [0, 0.05) is 11.6 Å². The minimum atomic E-state index is -0.914. The fourth-order valence-electron chi connectivity index (χ4n) is 1.13. The van der Waals surface area contributed by atoms with E-state index in [9.17, 15) is 8.78 Å². The standard InChI is InChI=1S/C9H6F2N2/c1-5-12-4-6-2-3-7(10)8(11)9(6)13-5/h2-4H,1H3. The molecule has 0 unspecified atom stereocenters. The van der Waals surface area contributed by atoms with E-state index in [-0.39, 0.29) is 5.52 Å². The van der Waals surface area contributed by atoms with Gasteiger partial charge in [-0.2, -0.15) is 0 Å². The summed E-state index contributed by atoms with van der Waals surface area (Å²) >= 11 is 0. The monoisotopic (exact) mass is 180 g/mol. The molecule has 0 bridgehead atoms. The van der Waals surface area contributed by atoms with Crippen LogP contribution in [0.4, 0.5) is 8.78 Å². The minimum absolute atomic E-state index is 0.0347. The van der Waals surface area contributed by atoms with Crippen LogP contribution < -0.4 is 0 Å². The van der Waals surface area contributed by atoms with Gasteiger partial charge < -0.3 is 0 Å². The van der Waals surface area contributed by atoms with Crippen molar-refractivity contribution >= 4 is 10.9 Å². The molecule has 1 heterocycles. The molecule has 0 N–H and O–H groups in total. The van der Waals surface area contributed by atoms with Crippen LogP contribution in [0.2, 0.25) is 0 Å². The first-order valence-electron chi connectivity index (χ1n) is 3.76. The molecule has 2 rings (SSSR count). The van der Waals surface area contributed by atoms with Crippen molar-refractivity contribution in [2.75, 3.05) is 0 Å². The van der Waals surface area contributed by atoms with E-state index in [1.54, 1.807) is 6.92 Å². The number of nitrogens with zero attached hydrogens (tertiary/aromatic N) is 2. The van der Waals surface area contributed by atoms with E-state index in [1.165, 1.54) is 12.3 Å². The van der Waals surface area contributed by atoms with E-state index in [1.807, 2.05) is 0 Å². The van der Waals surface area contributed by atoms with Crippen molar-refractivity contribution in [3.63, 3.8) is 0 Å². The highest BCUT2D eigenvalue weighted by atomic mass is 19.2. The summed E-state index contributed by atoms with van der Waals surface area (Å²) in [6.45, 7) is 1.63. The summed E-state index contributed by atoms with van der Waals surface area (Å²) in [4.78, 5) is 7.69. The Bertz CT molecular complexity index is 463. The number of benzene rings is 1. The Morgan fingerprint density at radius 3 is 2.77 bits per heavy atom. The van der Waals surface area contributed by atoms with Gasteiger partial charge in [0.1, 0.15) is 11.3 Å². The highest BCUT2D eigenvalue weighted by Crippen LogP contribution is 2.17. The molecule has 0 aliphatic carbocycles. The minimum Gasteiger partial charge on any atom is -0.241 e. The lowest BCUT2D eigenvalue weighted by molar-refractivity contribution is 0.515. The van der Waals surface area contributed by atoms with Crippen molar-refractivity contribution in [1.82, 2.24) is 9.97 Å². The Labute approximate surface area is 73.2 Å². The largest absolute Gasteiger partial charge is 0.241 e. The lowest BCUT2D eigenvalue weighted by Crippen LogP contribution is -1.93. The second-order valence-corrected chi connectivity index (χ2v) is 2.72. The summed E-state index contributed by atoms with van der Waals surface area (Å²) in [5, 5.41) is 0.504. The van der Waals surface area contributed by atoms with Crippen LogP contribution in [0.15, 0.2) is 18.3 Å². The van der Waals surface area contributed by atoms with Crippen LogP contribution in [-0.4, -0.2) is 9.97 Å². The normalized spacial score (nSPS) is 10.7. The number of aromatic nitrogens is 2. The van der Waals surface area contributed by atoms with Crippen LogP contribution in [0.1, 0.15) is 5.82 Å². The Morgan fingerprint density at radius 1 is 1.23 bits per heavy atom. The quantitative estimate of drug-likeness (QED) is 0.621. The van der Waals surface area contributed by atoms with E-state index in [0.717, 1.165) is 6.07 Å². The zero-order valence-electron chi connectivity index (χ0n) is 6.88. The molecule has 2 nitrogen and oxygen atoms in total. The van der Waals surface area contributed by atoms with Crippen LogP contribution in [-0.2, 0) is 0 Å². The lowest BCUT2D eigenvalue weighted by atomic mass is 10.2. The average molecular weight is 180 g/mol. The average Bonchev–Trinajstić information content (AvgIpc) is 2.12. The molecule has 0 aliphatic rings. The second kappa shape index (κ2) is 2.73. The molecule has 0 fully saturated rings. The fraction of sp³-hybridized carbons (Fsp3) is 0.111. The van der Waals surface area contributed by atoms with Gasteiger partial charge in [0.15, 0.2) is 11.6 Å². The van der Waals surface area contributed by atoms with Crippen LogP contribution in [0, 0.1) is 18.6 Å². The Hall–Kier alpha value is -1.58. The molecular weight excluding hydrogens is 174 g/mol. The molecule has 1 aromatic carbocycles. The predicted octanol–water partition coefficient (Wildman–Crippen LogP) is 2.22. The first-order valence-corrected chi connectivity index (χ1v) is 3.76. The summed E-state index contributed by atoms with van der Waals surface area (Å²) in [7, 11) is 0. The van der Waals surface area contributed by atoms with Gasteiger partial charge in [0.2, 0.25) is 0 Å². The number of hydrogen-bond donors (Lipinski definition) is 0. The summed E-state index contributed by atoms with van der Waals surface area (Å²) in [6, 6.07) is 2.52. The third kappa shape index (κ3) is 1.24. The molecule has 0 aliphatic heterocycles. The number of fused-ring (bicyclic) bond motifs is 1. The molecule has 0 amide bonds.